The highest BCUT2D eigenvalue weighted by Gasteiger charge is 2.11. The quantitative estimate of drug-likeness (QED) is 0.665. The van der Waals surface area contributed by atoms with Gasteiger partial charge in [0.15, 0.2) is 0 Å². The molecule has 1 aromatic rings. The summed E-state index contributed by atoms with van der Waals surface area (Å²) in [5, 5.41) is 0. The van der Waals surface area contributed by atoms with Crippen LogP contribution in [0.1, 0.15) is 17.7 Å². The average molecular weight is 222 g/mol. The van der Waals surface area contributed by atoms with E-state index in [-0.39, 0.29) is 10.2 Å². The smallest absolute Gasteiger partial charge is 0.246 e. The van der Waals surface area contributed by atoms with Crippen molar-refractivity contribution in [2.45, 2.75) is 13.3 Å². The molecule has 0 radical (unpaired) electrons. The van der Waals surface area contributed by atoms with Crippen molar-refractivity contribution < 1.29 is 8.78 Å². The van der Waals surface area contributed by atoms with Crippen molar-refractivity contribution in [2.24, 2.45) is 0 Å². The van der Waals surface area contributed by atoms with E-state index < -0.39 is 6.43 Å². The molecule has 60 valence electrons. The second kappa shape index (κ2) is 3.26. The summed E-state index contributed by atoms with van der Waals surface area (Å²) >= 11 is 2.96. The van der Waals surface area contributed by atoms with E-state index in [1.54, 1.807) is 13.0 Å². The predicted octanol–water partition coefficient (Wildman–Crippen LogP) is 3.09. The van der Waals surface area contributed by atoms with Gasteiger partial charge in [0.1, 0.15) is 4.60 Å². The molecule has 4 heteroatoms. The van der Waals surface area contributed by atoms with Crippen LogP contribution in [0, 0.1) is 6.92 Å². The Balaban J connectivity index is 3.09. The van der Waals surface area contributed by atoms with Gasteiger partial charge in [-0.2, -0.15) is 0 Å². The fourth-order valence-corrected chi connectivity index (χ4v) is 1.28. The third kappa shape index (κ3) is 1.96. The zero-order valence-electron chi connectivity index (χ0n) is 5.81. The van der Waals surface area contributed by atoms with Crippen molar-refractivity contribution in [1.82, 2.24) is 4.98 Å². The van der Waals surface area contributed by atoms with Gasteiger partial charge in [0.05, 0.1) is 5.56 Å². The summed E-state index contributed by atoms with van der Waals surface area (Å²) in [6.45, 7) is 1.75. The van der Waals surface area contributed by atoms with Crippen LogP contribution in [0.3, 0.4) is 0 Å². The van der Waals surface area contributed by atoms with Gasteiger partial charge in [0.25, 0.3) is 6.43 Å². The molecule has 0 saturated heterocycles. The van der Waals surface area contributed by atoms with Crippen LogP contribution in [0.2, 0.25) is 0 Å². The van der Waals surface area contributed by atoms with Crippen molar-refractivity contribution in [3.8, 4) is 0 Å². The van der Waals surface area contributed by atoms with Gasteiger partial charge in [-0.1, -0.05) is 0 Å². The second-order valence-electron chi connectivity index (χ2n) is 2.13. The van der Waals surface area contributed by atoms with Gasteiger partial charge in [-0.3, -0.25) is 0 Å². The minimum atomic E-state index is -2.46. The summed E-state index contributed by atoms with van der Waals surface area (Å²) in [6.07, 6.45) is -2.46. The summed E-state index contributed by atoms with van der Waals surface area (Å²) in [5.74, 6) is 0. The lowest BCUT2D eigenvalue weighted by molar-refractivity contribution is 0.150. The molecule has 0 amide bonds. The first kappa shape index (κ1) is 8.59. The maximum Gasteiger partial charge on any atom is 0.266 e. The van der Waals surface area contributed by atoms with Crippen molar-refractivity contribution in [3.05, 3.63) is 28.0 Å². The molecular formula is C7H6BrF2N. The molecule has 0 saturated carbocycles. The molecule has 0 aliphatic heterocycles. The Morgan fingerprint density at radius 2 is 2.09 bits per heavy atom. The number of pyridine rings is 1. The molecule has 11 heavy (non-hydrogen) atoms. The molecule has 1 heterocycles. The summed E-state index contributed by atoms with van der Waals surface area (Å²) in [6, 6.07) is 2.93. The van der Waals surface area contributed by atoms with E-state index in [0.29, 0.717) is 0 Å². The third-order valence-corrected chi connectivity index (χ3v) is 1.89. The minimum absolute atomic E-state index is 0.0596. The van der Waals surface area contributed by atoms with Crippen LogP contribution in [0.5, 0.6) is 0 Å². The molecule has 1 aromatic heterocycles. The van der Waals surface area contributed by atoms with Crippen molar-refractivity contribution in [3.63, 3.8) is 0 Å². The van der Waals surface area contributed by atoms with Crippen LogP contribution in [-0.4, -0.2) is 4.98 Å². The van der Waals surface area contributed by atoms with Gasteiger partial charge >= 0.3 is 0 Å². The highest BCUT2D eigenvalue weighted by molar-refractivity contribution is 9.10. The van der Waals surface area contributed by atoms with Crippen LogP contribution in [0.4, 0.5) is 8.78 Å². The van der Waals surface area contributed by atoms with Gasteiger partial charge in [-0.25, -0.2) is 13.8 Å². The van der Waals surface area contributed by atoms with E-state index >= 15 is 0 Å². The number of alkyl halides is 2. The van der Waals surface area contributed by atoms with Crippen LogP contribution >= 0.6 is 15.9 Å². The highest BCUT2D eigenvalue weighted by atomic mass is 79.9. The van der Waals surface area contributed by atoms with E-state index in [4.69, 9.17) is 0 Å². The van der Waals surface area contributed by atoms with Gasteiger partial charge in [-0.15, -0.1) is 0 Å². The Kier molecular flexibility index (Phi) is 2.54. The minimum Gasteiger partial charge on any atom is -0.246 e. The standard InChI is InChI=1S/C7H6BrF2N/c1-4-2-3-5(7(9)10)6(8)11-4/h2-3,7H,1H3. The Morgan fingerprint density at radius 1 is 1.45 bits per heavy atom. The number of halogens is 3. The number of hydrogen-bond donors (Lipinski definition) is 0. The molecule has 1 nitrogen and oxygen atoms in total. The topological polar surface area (TPSA) is 12.9 Å². The lowest BCUT2D eigenvalue weighted by Gasteiger charge is -2.01. The lowest BCUT2D eigenvalue weighted by Crippen LogP contribution is -1.90. The number of nitrogens with zero attached hydrogens (tertiary/aromatic N) is 1. The number of aryl methyl sites for hydroxylation is 1. The molecule has 0 unspecified atom stereocenters. The van der Waals surface area contributed by atoms with Gasteiger partial charge in [0, 0.05) is 5.69 Å². The average Bonchev–Trinajstić information content (AvgIpc) is 1.85. The molecule has 1 rings (SSSR count). The molecule has 0 bridgehead atoms. The maximum absolute atomic E-state index is 12.1. The normalized spacial score (nSPS) is 10.6. The summed E-state index contributed by atoms with van der Waals surface area (Å²) in [7, 11) is 0. The molecular weight excluding hydrogens is 216 g/mol. The van der Waals surface area contributed by atoms with E-state index in [1.165, 1.54) is 6.07 Å². The van der Waals surface area contributed by atoms with Gasteiger partial charge < -0.3 is 0 Å². The fourth-order valence-electron chi connectivity index (χ4n) is 0.699. The molecule has 0 aliphatic carbocycles. The zero-order valence-corrected chi connectivity index (χ0v) is 7.40. The first-order chi connectivity index (χ1) is 5.11. The lowest BCUT2D eigenvalue weighted by atomic mass is 10.3. The number of hydrogen-bond acceptors (Lipinski definition) is 1. The predicted molar refractivity (Wildman–Crippen MR) is 41.6 cm³/mol. The van der Waals surface area contributed by atoms with E-state index in [9.17, 15) is 8.78 Å². The summed E-state index contributed by atoms with van der Waals surface area (Å²) in [4.78, 5) is 3.83. The Labute approximate surface area is 71.6 Å². The Hall–Kier alpha value is -0.510. The van der Waals surface area contributed by atoms with Crippen LogP contribution in [0.15, 0.2) is 16.7 Å². The Morgan fingerprint density at radius 3 is 2.55 bits per heavy atom. The van der Waals surface area contributed by atoms with Crippen molar-refractivity contribution >= 4 is 15.9 Å². The molecule has 0 aliphatic rings. The number of rotatable bonds is 1. The van der Waals surface area contributed by atoms with E-state index in [1.807, 2.05) is 0 Å². The largest absolute Gasteiger partial charge is 0.266 e. The second-order valence-corrected chi connectivity index (χ2v) is 2.88. The maximum atomic E-state index is 12.1. The summed E-state index contributed by atoms with van der Waals surface area (Å²) in [5.41, 5.74) is 0.664. The van der Waals surface area contributed by atoms with Gasteiger partial charge in [0.2, 0.25) is 0 Å². The zero-order chi connectivity index (χ0) is 8.43. The first-order valence-electron chi connectivity index (χ1n) is 3.02. The molecule has 0 N–H and O–H groups in total. The van der Waals surface area contributed by atoms with E-state index in [0.717, 1.165) is 5.69 Å². The Bertz CT molecular complexity index is 263. The molecule has 0 fully saturated rings. The van der Waals surface area contributed by atoms with E-state index in [2.05, 4.69) is 20.9 Å². The van der Waals surface area contributed by atoms with Crippen molar-refractivity contribution in [1.29, 1.82) is 0 Å². The third-order valence-electron chi connectivity index (χ3n) is 1.25. The fraction of sp³-hybridized carbons (Fsp3) is 0.286. The van der Waals surface area contributed by atoms with Crippen LogP contribution < -0.4 is 0 Å². The summed E-state index contributed by atoms with van der Waals surface area (Å²) < 4.78 is 24.4. The molecule has 0 spiro atoms. The monoisotopic (exact) mass is 221 g/mol. The molecule has 0 atom stereocenters. The highest BCUT2D eigenvalue weighted by Crippen LogP contribution is 2.25. The van der Waals surface area contributed by atoms with Crippen molar-refractivity contribution in [2.75, 3.05) is 0 Å². The SMILES string of the molecule is Cc1ccc(C(F)F)c(Br)n1. The number of aromatic nitrogens is 1. The van der Waals surface area contributed by atoms with Crippen LogP contribution in [-0.2, 0) is 0 Å². The van der Waals surface area contributed by atoms with Crippen LogP contribution in [0.25, 0.3) is 0 Å². The first-order valence-corrected chi connectivity index (χ1v) is 3.81. The van der Waals surface area contributed by atoms with Gasteiger partial charge in [-0.05, 0) is 35.0 Å². The molecule has 0 aromatic carbocycles.